The van der Waals surface area contributed by atoms with Crippen molar-refractivity contribution in [1.29, 1.82) is 0 Å². The van der Waals surface area contributed by atoms with E-state index in [9.17, 15) is 14.5 Å². The number of halogens is 1. The molecule has 0 aliphatic rings. The van der Waals surface area contributed by atoms with Crippen molar-refractivity contribution in [2.45, 2.75) is 0 Å². The van der Waals surface area contributed by atoms with E-state index in [1.807, 2.05) is 24.3 Å². The van der Waals surface area contributed by atoms with Crippen molar-refractivity contribution in [3.63, 3.8) is 0 Å². The fourth-order valence-electron chi connectivity index (χ4n) is 3.08. The number of nitrogens with two attached hydrogens (primary N) is 2. The van der Waals surface area contributed by atoms with E-state index in [1.54, 1.807) is 79.5 Å². The average Bonchev–Trinajstić information content (AvgIpc) is 3.06. The van der Waals surface area contributed by atoms with E-state index in [0.29, 0.717) is 17.2 Å². The molecule has 0 radical (unpaired) electrons. The van der Waals surface area contributed by atoms with Crippen LogP contribution < -0.4 is 20.9 Å². The third kappa shape index (κ3) is 13.3. The molecule has 0 spiro atoms. The van der Waals surface area contributed by atoms with Crippen molar-refractivity contribution in [3.8, 4) is 28.7 Å². The molecule has 11 nitrogen and oxygen atoms in total. The highest BCUT2D eigenvalue weighted by Crippen LogP contribution is 2.23. The quantitative estimate of drug-likeness (QED) is 0.101. The number of nitro groups is 1. The zero-order chi connectivity index (χ0) is 32.3. The molecule has 6 aromatic rings. The van der Waals surface area contributed by atoms with Gasteiger partial charge in [-0.2, -0.15) is 0 Å². The van der Waals surface area contributed by atoms with Crippen molar-refractivity contribution in [2.75, 3.05) is 11.5 Å². The minimum absolute atomic E-state index is 0.0403. The molecule has 0 aliphatic heterocycles. The molecule has 0 unspecified atom stereocenters. The Hall–Kier alpha value is -6.56. The lowest BCUT2D eigenvalue weighted by molar-refractivity contribution is -0.384. The molecule has 0 atom stereocenters. The summed E-state index contributed by atoms with van der Waals surface area (Å²) in [5, 5.41) is 19.0. The van der Waals surface area contributed by atoms with Crippen LogP contribution in [0.3, 0.4) is 0 Å². The van der Waals surface area contributed by atoms with Crippen LogP contribution in [0.15, 0.2) is 146 Å². The van der Waals surface area contributed by atoms with Gasteiger partial charge in [0.15, 0.2) is 0 Å². The fraction of sp³-hybridized carbons (Fsp3) is 0. The van der Waals surface area contributed by atoms with Crippen LogP contribution in [-0.4, -0.2) is 25.0 Å². The third-order valence-corrected chi connectivity index (χ3v) is 5.18. The average molecular weight is 609 g/mol. The maximum atomic E-state index is 12.0. The lowest BCUT2D eigenvalue weighted by Crippen LogP contribution is -1.88. The molecule has 45 heavy (non-hydrogen) atoms. The molecule has 3 heterocycles. The first-order valence-electron chi connectivity index (χ1n) is 13.1. The smallest absolute Gasteiger partial charge is 0.269 e. The SMILES string of the molecule is Nc1ccc(F)cc1.Nc1ccc(Oc2cccnc2)cc1.O=[N+]([O-])c1ccc(Oc2cccnc2)cc1.Oc1cccnc1. The van der Waals surface area contributed by atoms with Crippen LogP contribution in [0.1, 0.15) is 0 Å². The van der Waals surface area contributed by atoms with Gasteiger partial charge < -0.3 is 26.0 Å². The highest BCUT2D eigenvalue weighted by Gasteiger charge is 2.04. The molecule has 0 saturated heterocycles. The van der Waals surface area contributed by atoms with Gasteiger partial charge in [-0.1, -0.05) is 0 Å². The topological polar surface area (TPSA) is 173 Å². The number of benzene rings is 3. The van der Waals surface area contributed by atoms with Crippen LogP contribution in [0.25, 0.3) is 0 Å². The van der Waals surface area contributed by atoms with E-state index < -0.39 is 4.92 Å². The van der Waals surface area contributed by atoms with Gasteiger partial charge in [-0.05, 0) is 97.1 Å². The zero-order valence-corrected chi connectivity index (χ0v) is 23.8. The number of aromatic nitrogens is 3. The van der Waals surface area contributed by atoms with Gasteiger partial charge in [-0.15, -0.1) is 0 Å². The molecule has 6 rings (SSSR count). The molecule has 0 bridgehead atoms. The number of nitro benzene ring substituents is 1. The van der Waals surface area contributed by atoms with Gasteiger partial charge in [0, 0.05) is 42.1 Å². The van der Waals surface area contributed by atoms with E-state index in [1.165, 1.54) is 42.6 Å². The Balaban J connectivity index is 0.000000173. The first-order valence-corrected chi connectivity index (χ1v) is 13.1. The highest BCUT2D eigenvalue weighted by molar-refractivity contribution is 5.43. The van der Waals surface area contributed by atoms with E-state index in [2.05, 4.69) is 15.0 Å². The Morgan fingerprint density at radius 3 is 1.36 bits per heavy atom. The Morgan fingerprint density at radius 1 is 0.600 bits per heavy atom. The van der Waals surface area contributed by atoms with Crippen LogP contribution in [-0.2, 0) is 0 Å². The summed E-state index contributed by atoms with van der Waals surface area (Å²) in [6.07, 6.45) is 9.58. The number of nitrogens with zero attached hydrogens (tertiary/aromatic N) is 4. The standard InChI is InChI=1S/C11H8N2O3.C11H10N2O.C6H6FN.C5H5NO/c14-13(15)9-3-5-10(6-4-9)16-11-2-1-7-12-8-11;12-9-3-5-10(6-4-9)14-11-2-1-7-13-8-11;7-5-1-3-6(8)4-2-5;7-5-2-1-3-6-4-5/h1-8H;1-8H,12H2;1-4H,8H2;1-4,7H. The first-order chi connectivity index (χ1) is 21.8. The van der Waals surface area contributed by atoms with E-state index in [0.717, 1.165) is 17.2 Å². The molecule has 3 aromatic carbocycles. The van der Waals surface area contributed by atoms with Crippen LogP contribution in [0, 0.1) is 15.9 Å². The highest BCUT2D eigenvalue weighted by atomic mass is 19.1. The van der Waals surface area contributed by atoms with E-state index in [4.69, 9.17) is 26.0 Å². The molecule has 0 aliphatic carbocycles. The summed E-state index contributed by atoms with van der Waals surface area (Å²) >= 11 is 0. The van der Waals surface area contributed by atoms with Gasteiger partial charge in [-0.25, -0.2) is 4.39 Å². The normalized spacial score (nSPS) is 9.44. The maximum Gasteiger partial charge on any atom is 0.269 e. The molecular weight excluding hydrogens is 579 g/mol. The number of ether oxygens (including phenoxy) is 2. The summed E-state index contributed by atoms with van der Waals surface area (Å²) in [6.45, 7) is 0. The minimum atomic E-state index is -0.451. The van der Waals surface area contributed by atoms with Gasteiger partial charge in [0.2, 0.25) is 0 Å². The van der Waals surface area contributed by atoms with Gasteiger partial charge in [-0.3, -0.25) is 25.1 Å². The summed E-state index contributed by atoms with van der Waals surface area (Å²) in [5.41, 5.74) is 12.2. The Morgan fingerprint density at radius 2 is 1.02 bits per heavy atom. The monoisotopic (exact) mass is 608 g/mol. The second-order valence-electron chi connectivity index (χ2n) is 8.66. The van der Waals surface area contributed by atoms with E-state index >= 15 is 0 Å². The number of nitrogen functional groups attached to an aromatic ring is 2. The molecule has 12 heteroatoms. The van der Waals surface area contributed by atoms with Gasteiger partial charge in [0.1, 0.15) is 34.6 Å². The number of hydrogen-bond donors (Lipinski definition) is 3. The van der Waals surface area contributed by atoms with Crippen molar-refractivity contribution in [3.05, 3.63) is 162 Å². The van der Waals surface area contributed by atoms with Crippen LogP contribution in [0.4, 0.5) is 21.5 Å². The lowest BCUT2D eigenvalue weighted by atomic mass is 10.3. The van der Waals surface area contributed by atoms with E-state index in [-0.39, 0.29) is 17.3 Å². The van der Waals surface area contributed by atoms with Gasteiger partial charge >= 0.3 is 0 Å². The lowest BCUT2D eigenvalue weighted by Gasteiger charge is -2.04. The molecule has 228 valence electrons. The number of non-ortho nitro benzene ring substituents is 1. The summed E-state index contributed by atoms with van der Waals surface area (Å²) in [5.74, 6) is 2.57. The molecular formula is C33H29FN6O5. The van der Waals surface area contributed by atoms with Crippen LogP contribution >= 0.6 is 0 Å². The number of hydrogen-bond acceptors (Lipinski definition) is 10. The zero-order valence-electron chi connectivity index (χ0n) is 23.8. The third-order valence-electron chi connectivity index (χ3n) is 5.18. The number of aromatic hydroxyl groups is 1. The van der Waals surface area contributed by atoms with Crippen LogP contribution in [0.5, 0.6) is 28.7 Å². The summed E-state index contributed by atoms with van der Waals surface area (Å²) in [6, 6.07) is 29.3. The molecule has 0 saturated carbocycles. The molecule has 0 fully saturated rings. The van der Waals surface area contributed by atoms with Gasteiger partial charge in [0.05, 0.1) is 23.5 Å². The largest absolute Gasteiger partial charge is 0.506 e. The van der Waals surface area contributed by atoms with Crippen molar-refractivity contribution in [1.82, 2.24) is 15.0 Å². The van der Waals surface area contributed by atoms with Crippen LogP contribution in [0.2, 0.25) is 0 Å². The molecule has 0 amide bonds. The second-order valence-corrected chi connectivity index (χ2v) is 8.66. The van der Waals surface area contributed by atoms with Crippen molar-refractivity contribution < 1.29 is 23.9 Å². The number of pyridine rings is 3. The Bertz CT molecular complexity index is 1660. The first kappa shape index (κ1) is 32.9. The number of rotatable bonds is 5. The second kappa shape index (κ2) is 18.1. The number of anilines is 2. The van der Waals surface area contributed by atoms with Crippen molar-refractivity contribution >= 4 is 17.1 Å². The minimum Gasteiger partial charge on any atom is -0.506 e. The van der Waals surface area contributed by atoms with Crippen molar-refractivity contribution in [2.24, 2.45) is 0 Å². The predicted molar refractivity (Wildman–Crippen MR) is 169 cm³/mol. The molecule has 3 aromatic heterocycles. The maximum absolute atomic E-state index is 12.0. The Kier molecular flexibility index (Phi) is 13.2. The summed E-state index contributed by atoms with van der Waals surface area (Å²) < 4.78 is 23.0. The summed E-state index contributed by atoms with van der Waals surface area (Å²) in [7, 11) is 0. The summed E-state index contributed by atoms with van der Waals surface area (Å²) in [4.78, 5) is 21.5. The fourth-order valence-corrected chi connectivity index (χ4v) is 3.08. The molecule has 5 N–H and O–H groups in total. The predicted octanol–water partition coefficient (Wildman–Crippen LogP) is 7.43. The van der Waals surface area contributed by atoms with Gasteiger partial charge in [0.25, 0.3) is 5.69 Å². The Labute approximate surface area is 258 Å².